The molecule has 7 nitrogen and oxygen atoms in total. The number of hydrogen-bond acceptors (Lipinski definition) is 3. The van der Waals surface area contributed by atoms with Crippen molar-refractivity contribution in [2.75, 3.05) is 20.1 Å². The topological polar surface area (TPSA) is 88.5 Å². The second-order valence-corrected chi connectivity index (χ2v) is 6.20. The first-order valence-corrected chi connectivity index (χ1v) is 8.04. The second-order valence-electron chi connectivity index (χ2n) is 6.20. The molecule has 0 bridgehead atoms. The van der Waals surface area contributed by atoms with Crippen molar-refractivity contribution < 1.29 is 18.0 Å². The summed E-state index contributed by atoms with van der Waals surface area (Å²) in [6.45, 7) is 1.29. The summed E-state index contributed by atoms with van der Waals surface area (Å²) in [6.07, 6.45) is -1.08. The summed E-state index contributed by atoms with van der Waals surface area (Å²) < 4.78 is 40.2. The zero-order chi connectivity index (χ0) is 18.6. The lowest BCUT2D eigenvalue weighted by molar-refractivity contribution is -0.142. The van der Waals surface area contributed by atoms with Crippen molar-refractivity contribution in [2.45, 2.75) is 32.0 Å². The minimum absolute atomic E-state index is 0.0354. The van der Waals surface area contributed by atoms with Gasteiger partial charge < -0.3 is 16.0 Å². The third-order valence-corrected chi connectivity index (χ3v) is 4.13. The SMILES string of the molecule is CN=C(NCc1cn(C)nc1C(F)(F)F)N1CCCC(CC(N)=O)C1. The maximum Gasteiger partial charge on any atom is 0.435 e. The van der Waals surface area contributed by atoms with E-state index in [9.17, 15) is 18.0 Å². The summed E-state index contributed by atoms with van der Waals surface area (Å²) in [6, 6.07) is 0. The number of rotatable bonds is 4. The molecule has 0 radical (unpaired) electrons. The summed E-state index contributed by atoms with van der Waals surface area (Å²) in [7, 11) is 3.03. The molecule has 0 aromatic carbocycles. The van der Waals surface area contributed by atoms with Gasteiger partial charge in [-0.2, -0.15) is 18.3 Å². The number of carbonyl (C=O) groups excluding carboxylic acids is 1. The van der Waals surface area contributed by atoms with Crippen LogP contribution in [0, 0.1) is 5.92 Å². The Hall–Kier alpha value is -2.26. The van der Waals surface area contributed by atoms with E-state index in [1.54, 1.807) is 7.05 Å². The van der Waals surface area contributed by atoms with E-state index in [1.165, 1.54) is 13.2 Å². The molecule has 10 heteroatoms. The van der Waals surface area contributed by atoms with Gasteiger partial charge in [0.25, 0.3) is 0 Å². The number of halogens is 3. The quantitative estimate of drug-likeness (QED) is 0.622. The van der Waals surface area contributed by atoms with E-state index in [0.717, 1.165) is 24.1 Å². The third kappa shape index (κ3) is 5.10. The number of primary amides is 1. The van der Waals surface area contributed by atoms with Crippen molar-refractivity contribution in [1.82, 2.24) is 20.0 Å². The Morgan fingerprint density at radius 2 is 2.24 bits per heavy atom. The molecule has 1 amide bonds. The van der Waals surface area contributed by atoms with Crippen LogP contribution in [-0.4, -0.2) is 46.7 Å². The number of amides is 1. The van der Waals surface area contributed by atoms with Crippen molar-refractivity contribution >= 4 is 11.9 Å². The minimum Gasteiger partial charge on any atom is -0.370 e. The Labute approximate surface area is 144 Å². The van der Waals surface area contributed by atoms with Crippen molar-refractivity contribution in [1.29, 1.82) is 0 Å². The lowest BCUT2D eigenvalue weighted by atomic mass is 9.95. The van der Waals surface area contributed by atoms with Crippen molar-refractivity contribution in [3.63, 3.8) is 0 Å². The molecule has 1 aromatic heterocycles. The summed E-state index contributed by atoms with van der Waals surface area (Å²) in [5.41, 5.74) is 4.41. The average molecular weight is 360 g/mol. The lowest BCUT2D eigenvalue weighted by Gasteiger charge is -2.34. The average Bonchev–Trinajstić information content (AvgIpc) is 2.89. The highest BCUT2D eigenvalue weighted by Gasteiger charge is 2.37. The van der Waals surface area contributed by atoms with Crippen LogP contribution in [0.3, 0.4) is 0 Å². The largest absolute Gasteiger partial charge is 0.435 e. The first-order valence-electron chi connectivity index (χ1n) is 8.04. The van der Waals surface area contributed by atoms with E-state index in [2.05, 4.69) is 15.4 Å². The van der Waals surface area contributed by atoms with Crippen LogP contribution in [0.1, 0.15) is 30.5 Å². The molecule has 3 N–H and O–H groups in total. The number of carbonyl (C=O) groups is 1. The molecule has 1 unspecified atom stereocenters. The van der Waals surface area contributed by atoms with E-state index in [0.29, 0.717) is 18.9 Å². The monoisotopic (exact) mass is 360 g/mol. The summed E-state index contributed by atoms with van der Waals surface area (Å²) >= 11 is 0. The predicted molar refractivity (Wildman–Crippen MR) is 86.5 cm³/mol. The molecule has 1 fully saturated rings. The van der Waals surface area contributed by atoms with E-state index in [1.807, 2.05) is 4.90 Å². The Kier molecular flexibility index (Phi) is 5.91. The summed E-state index contributed by atoms with van der Waals surface area (Å²) in [5.74, 6) is 0.292. The van der Waals surface area contributed by atoms with Gasteiger partial charge >= 0.3 is 6.18 Å². The first-order chi connectivity index (χ1) is 11.7. The number of nitrogens with two attached hydrogens (primary N) is 1. The summed E-state index contributed by atoms with van der Waals surface area (Å²) in [4.78, 5) is 17.2. The fraction of sp³-hybridized carbons (Fsp3) is 0.667. The van der Waals surface area contributed by atoms with Crippen LogP contribution in [0.4, 0.5) is 13.2 Å². The smallest absolute Gasteiger partial charge is 0.370 e. The zero-order valence-corrected chi connectivity index (χ0v) is 14.3. The number of aryl methyl sites for hydroxylation is 1. The van der Waals surface area contributed by atoms with Crippen LogP contribution in [0.5, 0.6) is 0 Å². The maximum atomic E-state index is 13.0. The highest BCUT2D eigenvalue weighted by molar-refractivity contribution is 5.80. The van der Waals surface area contributed by atoms with Crippen LogP contribution in [0.15, 0.2) is 11.2 Å². The highest BCUT2D eigenvalue weighted by Crippen LogP contribution is 2.30. The van der Waals surface area contributed by atoms with Crippen molar-refractivity contribution in [3.05, 3.63) is 17.5 Å². The van der Waals surface area contributed by atoms with Crippen LogP contribution in [0.25, 0.3) is 0 Å². The van der Waals surface area contributed by atoms with Crippen molar-refractivity contribution in [3.8, 4) is 0 Å². The van der Waals surface area contributed by atoms with Gasteiger partial charge in [0.15, 0.2) is 11.7 Å². The van der Waals surface area contributed by atoms with E-state index in [4.69, 9.17) is 5.73 Å². The van der Waals surface area contributed by atoms with E-state index in [-0.39, 0.29) is 23.9 Å². The highest BCUT2D eigenvalue weighted by atomic mass is 19.4. The number of alkyl halides is 3. The van der Waals surface area contributed by atoms with Gasteiger partial charge in [0.05, 0.1) is 0 Å². The molecule has 1 aromatic rings. The molecule has 0 spiro atoms. The molecule has 1 aliphatic heterocycles. The van der Waals surface area contributed by atoms with E-state index >= 15 is 0 Å². The Morgan fingerprint density at radius 1 is 1.52 bits per heavy atom. The number of piperidine rings is 1. The third-order valence-electron chi connectivity index (χ3n) is 4.13. The number of hydrogen-bond donors (Lipinski definition) is 2. The number of aliphatic imine (C=N–C) groups is 1. The predicted octanol–water partition coefficient (Wildman–Crippen LogP) is 1.10. The van der Waals surface area contributed by atoms with Gasteiger partial charge in [0.2, 0.25) is 5.91 Å². The second kappa shape index (κ2) is 7.75. The van der Waals surface area contributed by atoms with Gasteiger partial charge in [-0.05, 0) is 18.8 Å². The molecule has 1 atom stereocenters. The molecule has 2 heterocycles. The molecular weight excluding hydrogens is 337 g/mol. The fourth-order valence-electron chi connectivity index (χ4n) is 3.12. The van der Waals surface area contributed by atoms with Crippen LogP contribution in [0.2, 0.25) is 0 Å². The Morgan fingerprint density at radius 3 is 2.84 bits per heavy atom. The molecule has 140 valence electrons. The van der Waals surface area contributed by atoms with Crippen LogP contribution in [-0.2, 0) is 24.6 Å². The molecule has 0 aliphatic carbocycles. The minimum atomic E-state index is -4.50. The molecule has 1 saturated heterocycles. The zero-order valence-electron chi connectivity index (χ0n) is 14.3. The maximum absolute atomic E-state index is 13.0. The van der Waals surface area contributed by atoms with Gasteiger partial charge in [0.1, 0.15) is 0 Å². The van der Waals surface area contributed by atoms with Crippen molar-refractivity contribution in [2.24, 2.45) is 23.7 Å². The van der Waals surface area contributed by atoms with E-state index < -0.39 is 11.9 Å². The van der Waals surface area contributed by atoms with Gasteiger partial charge in [-0.3, -0.25) is 14.5 Å². The first kappa shape index (κ1) is 19.1. The fourth-order valence-corrected chi connectivity index (χ4v) is 3.12. The normalized spacial score (nSPS) is 19.2. The number of likely N-dealkylation sites (tertiary alicyclic amines) is 1. The Bertz CT molecular complexity index is 640. The molecular formula is C15H23F3N6O. The number of aromatic nitrogens is 2. The van der Waals surface area contributed by atoms with Gasteiger partial charge in [0, 0.05) is 51.9 Å². The number of nitrogens with one attached hydrogen (secondary N) is 1. The van der Waals surface area contributed by atoms with Crippen LogP contribution < -0.4 is 11.1 Å². The molecule has 0 saturated carbocycles. The van der Waals surface area contributed by atoms with Gasteiger partial charge in [-0.1, -0.05) is 0 Å². The number of nitrogens with zero attached hydrogens (tertiary/aromatic N) is 4. The lowest BCUT2D eigenvalue weighted by Crippen LogP contribution is -2.47. The standard InChI is InChI=1S/C15H23F3N6O/c1-20-14(24-5-3-4-10(8-24)6-12(19)25)21-7-11-9-23(2)22-13(11)15(16,17)18/h9-10H,3-8H2,1-2H3,(H2,19,25)(H,20,21). The van der Waals surface area contributed by atoms with Crippen LogP contribution >= 0.6 is 0 Å². The molecule has 25 heavy (non-hydrogen) atoms. The summed E-state index contributed by atoms with van der Waals surface area (Å²) in [5, 5.41) is 6.45. The molecule has 1 aliphatic rings. The Balaban J connectivity index is 2.03. The van der Waals surface area contributed by atoms with Gasteiger partial charge in [-0.15, -0.1) is 0 Å². The van der Waals surface area contributed by atoms with Gasteiger partial charge in [-0.25, -0.2) is 0 Å². The molecule has 2 rings (SSSR count). The number of guanidine groups is 1.